The highest BCUT2D eigenvalue weighted by Crippen LogP contribution is 2.29. The van der Waals surface area contributed by atoms with Gasteiger partial charge in [0.05, 0.1) is 17.7 Å². The van der Waals surface area contributed by atoms with Crippen LogP contribution >= 0.6 is 11.6 Å². The maximum absolute atomic E-state index is 8.23. The summed E-state index contributed by atoms with van der Waals surface area (Å²) in [5.41, 5.74) is 0. The Kier molecular flexibility index (Phi) is 6.36. The van der Waals surface area contributed by atoms with Gasteiger partial charge < -0.3 is 14.7 Å². The molecule has 0 bridgehead atoms. The Bertz CT molecular complexity index is 396. The number of hydrogen-bond acceptors (Lipinski definition) is 4. The van der Waals surface area contributed by atoms with Crippen molar-refractivity contribution in [2.45, 2.75) is 32.8 Å². The van der Waals surface area contributed by atoms with E-state index >= 15 is 0 Å². The van der Waals surface area contributed by atoms with Gasteiger partial charge in [0.25, 0.3) is 0 Å². The molecule has 0 saturated heterocycles. The van der Waals surface area contributed by atoms with Crippen molar-refractivity contribution in [2.75, 3.05) is 6.61 Å². The Morgan fingerprint density at radius 2 is 2.28 bits per heavy atom. The number of benzene rings is 1. The third-order valence-corrected chi connectivity index (χ3v) is 2.70. The van der Waals surface area contributed by atoms with Gasteiger partial charge in [-0.2, -0.15) is 0 Å². The molecule has 0 aliphatic heterocycles. The highest BCUT2D eigenvalue weighted by atomic mass is 35.5. The fourth-order valence-electron chi connectivity index (χ4n) is 1.27. The van der Waals surface area contributed by atoms with Crippen LogP contribution in [-0.4, -0.2) is 24.1 Å². The monoisotopic (exact) mass is 271 g/mol. The van der Waals surface area contributed by atoms with E-state index in [1.165, 1.54) is 6.21 Å². The van der Waals surface area contributed by atoms with E-state index in [-0.39, 0.29) is 6.10 Å². The zero-order valence-corrected chi connectivity index (χ0v) is 11.4. The van der Waals surface area contributed by atoms with Crippen LogP contribution < -0.4 is 9.47 Å². The predicted octanol–water partition coefficient (Wildman–Crippen LogP) is 3.75. The molecular formula is C13H18ClNO3. The lowest BCUT2D eigenvalue weighted by Gasteiger charge is -2.14. The molecule has 1 aromatic carbocycles. The maximum atomic E-state index is 8.23. The molecule has 5 heteroatoms. The largest absolute Gasteiger partial charge is 0.492 e. The highest BCUT2D eigenvalue weighted by molar-refractivity contribution is 6.32. The lowest BCUT2D eigenvalue weighted by molar-refractivity contribution is 0.217. The molecule has 0 aliphatic carbocycles. The van der Waals surface area contributed by atoms with E-state index in [9.17, 15) is 0 Å². The van der Waals surface area contributed by atoms with E-state index < -0.39 is 0 Å². The van der Waals surface area contributed by atoms with Crippen LogP contribution in [0.3, 0.4) is 0 Å². The average molecular weight is 272 g/mol. The van der Waals surface area contributed by atoms with Gasteiger partial charge in [-0.1, -0.05) is 18.5 Å². The first-order valence-electron chi connectivity index (χ1n) is 5.92. The SMILES string of the molecule is CCC(C)Oc1ccc(OCCC=NO)c(Cl)c1. The second kappa shape index (κ2) is 7.82. The third kappa shape index (κ3) is 4.84. The maximum Gasteiger partial charge on any atom is 0.138 e. The summed E-state index contributed by atoms with van der Waals surface area (Å²) in [4.78, 5) is 0. The second-order valence-corrected chi connectivity index (χ2v) is 4.27. The van der Waals surface area contributed by atoms with Gasteiger partial charge in [-0.3, -0.25) is 0 Å². The molecule has 0 aliphatic rings. The summed E-state index contributed by atoms with van der Waals surface area (Å²) in [6.07, 6.45) is 3.00. The Hall–Kier alpha value is -1.42. The molecule has 0 aromatic heterocycles. The number of rotatable bonds is 7. The first-order chi connectivity index (χ1) is 8.67. The minimum absolute atomic E-state index is 0.161. The smallest absolute Gasteiger partial charge is 0.138 e. The Morgan fingerprint density at radius 1 is 1.50 bits per heavy atom. The third-order valence-electron chi connectivity index (χ3n) is 2.40. The van der Waals surface area contributed by atoms with Crippen LogP contribution in [0.25, 0.3) is 0 Å². The molecule has 1 atom stereocenters. The second-order valence-electron chi connectivity index (χ2n) is 3.86. The normalized spacial score (nSPS) is 12.6. The molecule has 1 N–H and O–H groups in total. The molecule has 0 heterocycles. The molecule has 0 amide bonds. The molecular weight excluding hydrogens is 254 g/mol. The molecule has 4 nitrogen and oxygen atoms in total. The van der Waals surface area contributed by atoms with Crippen LogP contribution in [0.1, 0.15) is 26.7 Å². The van der Waals surface area contributed by atoms with Crippen molar-refractivity contribution in [3.63, 3.8) is 0 Å². The quantitative estimate of drug-likeness (QED) is 0.356. The lowest BCUT2D eigenvalue weighted by Crippen LogP contribution is -2.09. The molecule has 0 saturated carbocycles. The van der Waals surface area contributed by atoms with Crippen LogP contribution in [0.5, 0.6) is 11.5 Å². The summed E-state index contributed by atoms with van der Waals surface area (Å²) in [5.74, 6) is 1.33. The predicted molar refractivity (Wildman–Crippen MR) is 72.2 cm³/mol. The van der Waals surface area contributed by atoms with Gasteiger partial charge in [-0.15, -0.1) is 5.16 Å². The van der Waals surface area contributed by atoms with E-state index in [4.69, 9.17) is 26.3 Å². The van der Waals surface area contributed by atoms with E-state index in [1.54, 1.807) is 12.1 Å². The summed E-state index contributed by atoms with van der Waals surface area (Å²) in [7, 11) is 0. The molecule has 0 spiro atoms. The van der Waals surface area contributed by atoms with Gasteiger partial charge in [-0.25, -0.2) is 0 Å². The van der Waals surface area contributed by atoms with Crippen molar-refractivity contribution in [3.8, 4) is 11.5 Å². The Labute approximate surface area is 112 Å². The number of oxime groups is 1. The van der Waals surface area contributed by atoms with Crippen LogP contribution in [0.4, 0.5) is 0 Å². The van der Waals surface area contributed by atoms with Gasteiger partial charge >= 0.3 is 0 Å². The van der Waals surface area contributed by atoms with Crippen LogP contribution in [0, 0.1) is 0 Å². The average Bonchev–Trinajstić information content (AvgIpc) is 2.36. The molecule has 0 fully saturated rings. The number of hydrogen-bond donors (Lipinski definition) is 1. The van der Waals surface area contributed by atoms with Crippen molar-refractivity contribution in [1.29, 1.82) is 0 Å². The fraction of sp³-hybridized carbons (Fsp3) is 0.462. The van der Waals surface area contributed by atoms with Crippen LogP contribution in [-0.2, 0) is 0 Å². The topological polar surface area (TPSA) is 51.0 Å². The van der Waals surface area contributed by atoms with Gasteiger partial charge in [0.2, 0.25) is 0 Å². The first kappa shape index (κ1) is 14.6. The van der Waals surface area contributed by atoms with E-state index in [1.807, 2.05) is 13.0 Å². The molecule has 1 aromatic rings. The first-order valence-corrected chi connectivity index (χ1v) is 6.30. The van der Waals surface area contributed by atoms with Gasteiger partial charge in [0, 0.05) is 18.7 Å². The molecule has 0 radical (unpaired) electrons. The minimum atomic E-state index is 0.161. The van der Waals surface area contributed by atoms with Gasteiger partial charge in [-0.05, 0) is 25.5 Å². The minimum Gasteiger partial charge on any atom is -0.492 e. The van der Waals surface area contributed by atoms with E-state index in [2.05, 4.69) is 12.1 Å². The molecule has 18 heavy (non-hydrogen) atoms. The fourth-order valence-corrected chi connectivity index (χ4v) is 1.49. The van der Waals surface area contributed by atoms with Crippen molar-refractivity contribution in [3.05, 3.63) is 23.2 Å². The van der Waals surface area contributed by atoms with E-state index in [0.717, 1.165) is 12.2 Å². The molecule has 1 rings (SSSR count). The Balaban J connectivity index is 2.56. The van der Waals surface area contributed by atoms with Crippen molar-refractivity contribution < 1.29 is 14.7 Å². The summed E-state index contributed by atoms with van der Waals surface area (Å²) in [6, 6.07) is 5.34. The molecule has 1 unspecified atom stereocenters. The summed E-state index contributed by atoms with van der Waals surface area (Å²) >= 11 is 6.08. The zero-order chi connectivity index (χ0) is 13.4. The summed E-state index contributed by atoms with van der Waals surface area (Å²) in [5, 5.41) is 11.6. The molecule has 100 valence electrons. The van der Waals surface area contributed by atoms with Crippen molar-refractivity contribution in [1.82, 2.24) is 0 Å². The van der Waals surface area contributed by atoms with Crippen LogP contribution in [0.15, 0.2) is 23.4 Å². The number of halogens is 1. The zero-order valence-electron chi connectivity index (χ0n) is 10.6. The standard InChI is InChI=1S/C13H18ClNO3/c1-3-10(2)18-11-5-6-13(12(14)9-11)17-8-4-7-15-16/h5-7,9-10,16H,3-4,8H2,1-2H3. The van der Waals surface area contributed by atoms with Crippen molar-refractivity contribution >= 4 is 17.8 Å². The number of ether oxygens (including phenoxy) is 2. The summed E-state index contributed by atoms with van der Waals surface area (Å²) < 4.78 is 11.1. The highest BCUT2D eigenvalue weighted by Gasteiger charge is 2.06. The van der Waals surface area contributed by atoms with Crippen LogP contribution in [0.2, 0.25) is 5.02 Å². The van der Waals surface area contributed by atoms with Crippen molar-refractivity contribution in [2.24, 2.45) is 5.16 Å². The lowest BCUT2D eigenvalue weighted by atomic mass is 10.3. The van der Waals surface area contributed by atoms with Gasteiger partial charge in [0.15, 0.2) is 0 Å². The van der Waals surface area contributed by atoms with Gasteiger partial charge in [0.1, 0.15) is 11.5 Å². The van der Waals surface area contributed by atoms with E-state index in [0.29, 0.717) is 23.8 Å². The Morgan fingerprint density at radius 3 is 2.89 bits per heavy atom. The summed E-state index contributed by atoms with van der Waals surface area (Å²) in [6.45, 7) is 4.48. The number of nitrogens with zero attached hydrogens (tertiary/aromatic N) is 1.